The molecule has 0 aromatic carbocycles. The van der Waals surface area contributed by atoms with E-state index in [0.29, 0.717) is 12.6 Å². The number of aryl methyl sites for hydroxylation is 1. The Morgan fingerprint density at radius 2 is 1.96 bits per heavy atom. The zero-order chi connectivity index (χ0) is 19.0. The van der Waals surface area contributed by atoms with E-state index in [1.54, 1.807) is 6.92 Å². The number of nitrogens with zero attached hydrogens (tertiary/aromatic N) is 6. The topological polar surface area (TPSA) is 76.4 Å². The molecule has 2 aromatic heterocycles. The predicted octanol–water partition coefficient (Wildman–Crippen LogP) is 2.01. The van der Waals surface area contributed by atoms with Crippen LogP contribution in [0.1, 0.15) is 42.9 Å². The summed E-state index contributed by atoms with van der Waals surface area (Å²) >= 11 is 0. The zero-order valence-corrected chi connectivity index (χ0v) is 16.2. The van der Waals surface area contributed by atoms with Gasteiger partial charge in [0, 0.05) is 51.4 Å². The summed E-state index contributed by atoms with van der Waals surface area (Å²) in [4.78, 5) is 24.5. The Balaban J connectivity index is 1.74. The summed E-state index contributed by atoms with van der Waals surface area (Å²) in [7, 11) is 1.98. The number of hydrogen-bond acceptors (Lipinski definition) is 6. The summed E-state index contributed by atoms with van der Waals surface area (Å²) < 4.78 is 7.72. The van der Waals surface area contributed by atoms with Crippen molar-refractivity contribution in [3.8, 4) is 0 Å². The standard InChI is InChI=1S/C19H26N6O2/c1-13-20-10-16(11-21-13)23(3)19-17-12-24(14(2)26)7-4-18(17)25(22-19)15-5-8-27-9-6-15/h10-11,15H,4-9,12H2,1-3H3. The minimum Gasteiger partial charge on any atom is -0.381 e. The highest BCUT2D eigenvalue weighted by molar-refractivity contribution is 5.74. The molecule has 0 aliphatic carbocycles. The van der Waals surface area contributed by atoms with Gasteiger partial charge in [-0.15, -0.1) is 0 Å². The number of rotatable bonds is 3. The van der Waals surface area contributed by atoms with Crippen molar-refractivity contribution in [3.05, 3.63) is 29.5 Å². The van der Waals surface area contributed by atoms with Gasteiger partial charge in [-0.3, -0.25) is 9.48 Å². The average Bonchev–Trinajstić information content (AvgIpc) is 3.07. The number of carbonyl (C=O) groups excluding carboxylic acids is 1. The molecule has 1 fully saturated rings. The van der Waals surface area contributed by atoms with Gasteiger partial charge in [-0.1, -0.05) is 0 Å². The second-order valence-corrected chi connectivity index (χ2v) is 7.28. The van der Waals surface area contributed by atoms with Crippen molar-refractivity contribution in [3.63, 3.8) is 0 Å². The zero-order valence-electron chi connectivity index (χ0n) is 16.2. The van der Waals surface area contributed by atoms with Gasteiger partial charge in [-0.2, -0.15) is 5.10 Å². The lowest BCUT2D eigenvalue weighted by Crippen LogP contribution is -2.35. The average molecular weight is 370 g/mol. The van der Waals surface area contributed by atoms with Crippen molar-refractivity contribution in [2.75, 3.05) is 31.7 Å². The SMILES string of the molecule is CC(=O)N1CCc2c(c(N(C)c3cnc(C)nc3)nn2C2CCOCC2)C1. The van der Waals surface area contributed by atoms with E-state index in [-0.39, 0.29) is 5.91 Å². The number of anilines is 2. The lowest BCUT2D eigenvalue weighted by Gasteiger charge is -2.29. The number of fused-ring (bicyclic) bond motifs is 1. The fourth-order valence-corrected chi connectivity index (χ4v) is 3.88. The molecular formula is C19H26N6O2. The maximum Gasteiger partial charge on any atom is 0.219 e. The molecule has 8 heteroatoms. The fraction of sp³-hybridized carbons (Fsp3) is 0.579. The molecule has 0 unspecified atom stereocenters. The van der Waals surface area contributed by atoms with Gasteiger partial charge in [0.15, 0.2) is 5.82 Å². The summed E-state index contributed by atoms with van der Waals surface area (Å²) in [6.45, 7) is 6.39. The monoisotopic (exact) mass is 370 g/mol. The van der Waals surface area contributed by atoms with Crippen molar-refractivity contribution >= 4 is 17.4 Å². The van der Waals surface area contributed by atoms with Crippen LogP contribution in [-0.2, 0) is 22.5 Å². The lowest BCUT2D eigenvalue weighted by molar-refractivity contribution is -0.129. The van der Waals surface area contributed by atoms with E-state index < -0.39 is 0 Å². The first-order chi connectivity index (χ1) is 13.0. The highest BCUT2D eigenvalue weighted by Gasteiger charge is 2.31. The normalized spacial score (nSPS) is 17.7. The van der Waals surface area contributed by atoms with Crippen molar-refractivity contribution in [2.24, 2.45) is 0 Å². The van der Waals surface area contributed by atoms with Crippen LogP contribution in [0.4, 0.5) is 11.5 Å². The summed E-state index contributed by atoms with van der Waals surface area (Å²) in [5.74, 6) is 1.73. The third-order valence-corrected chi connectivity index (χ3v) is 5.52. The van der Waals surface area contributed by atoms with Crippen LogP contribution < -0.4 is 4.90 Å². The molecule has 0 radical (unpaired) electrons. The molecule has 4 heterocycles. The van der Waals surface area contributed by atoms with Crippen molar-refractivity contribution in [1.29, 1.82) is 0 Å². The van der Waals surface area contributed by atoms with Gasteiger partial charge in [0.25, 0.3) is 0 Å². The van der Waals surface area contributed by atoms with Crippen molar-refractivity contribution in [2.45, 2.75) is 45.7 Å². The molecule has 2 aromatic rings. The predicted molar refractivity (Wildman–Crippen MR) is 101 cm³/mol. The molecule has 8 nitrogen and oxygen atoms in total. The lowest BCUT2D eigenvalue weighted by atomic mass is 10.0. The Morgan fingerprint density at radius 1 is 1.26 bits per heavy atom. The molecular weight excluding hydrogens is 344 g/mol. The first-order valence-corrected chi connectivity index (χ1v) is 9.50. The molecule has 4 rings (SSSR count). The number of amides is 1. The van der Waals surface area contributed by atoms with E-state index >= 15 is 0 Å². The molecule has 2 aliphatic heterocycles. The second-order valence-electron chi connectivity index (χ2n) is 7.28. The maximum absolute atomic E-state index is 12.0. The third kappa shape index (κ3) is 3.41. The number of hydrogen-bond donors (Lipinski definition) is 0. The van der Waals surface area contributed by atoms with E-state index in [1.165, 1.54) is 5.69 Å². The van der Waals surface area contributed by atoms with Crippen LogP contribution in [0.3, 0.4) is 0 Å². The number of aromatic nitrogens is 4. The van der Waals surface area contributed by atoms with E-state index in [0.717, 1.165) is 61.9 Å². The largest absolute Gasteiger partial charge is 0.381 e. The number of ether oxygens (including phenoxy) is 1. The smallest absolute Gasteiger partial charge is 0.219 e. The van der Waals surface area contributed by atoms with E-state index in [1.807, 2.05) is 36.2 Å². The van der Waals surface area contributed by atoms with Gasteiger partial charge in [0.2, 0.25) is 5.91 Å². The molecule has 0 spiro atoms. The van der Waals surface area contributed by atoms with Crippen molar-refractivity contribution < 1.29 is 9.53 Å². The first-order valence-electron chi connectivity index (χ1n) is 9.50. The van der Waals surface area contributed by atoms with Gasteiger partial charge in [-0.05, 0) is 19.8 Å². The third-order valence-electron chi connectivity index (χ3n) is 5.52. The Hall–Kier alpha value is -2.48. The molecule has 1 amide bonds. The highest BCUT2D eigenvalue weighted by Crippen LogP contribution is 2.35. The van der Waals surface area contributed by atoms with Crippen LogP contribution in [0.5, 0.6) is 0 Å². The van der Waals surface area contributed by atoms with Crippen LogP contribution in [-0.4, -0.2) is 57.4 Å². The number of carbonyl (C=O) groups is 1. The van der Waals surface area contributed by atoms with Crippen LogP contribution in [0.15, 0.2) is 12.4 Å². The van der Waals surface area contributed by atoms with E-state index in [2.05, 4.69) is 14.6 Å². The van der Waals surface area contributed by atoms with E-state index in [9.17, 15) is 4.79 Å². The Bertz CT molecular complexity index is 825. The highest BCUT2D eigenvalue weighted by atomic mass is 16.5. The van der Waals surface area contributed by atoms with Gasteiger partial charge < -0.3 is 14.5 Å². The Morgan fingerprint density at radius 3 is 2.63 bits per heavy atom. The molecule has 0 saturated carbocycles. The van der Waals surface area contributed by atoms with Crippen molar-refractivity contribution in [1.82, 2.24) is 24.6 Å². The first kappa shape index (κ1) is 17.9. The van der Waals surface area contributed by atoms with Gasteiger partial charge in [0.05, 0.1) is 30.7 Å². The summed E-state index contributed by atoms with van der Waals surface area (Å²) in [6.07, 6.45) is 6.40. The molecule has 27 heavy (non-hydrogen) atoms. The van der Waals surface area contributed by atoms with Gasteiger partial charge >= 0.3 is 0 Å². The van der Waals surface area contributed by atoms with Crippen LogP contribution in [0, 0.1) is 6.92 Å². The molecule has 0 bridgehead atoms. The second kappa shape index (κ2) is 7.26. The molecule has 1 saturated heterocycles. The van der Waals surface area contributed by atoms with Crippen LogP contribution in [0.25, 0.3) is 0 Å². The summed E-state index contributed by atoms with van der Waals surface area (Å²) in [5, 5.41) is 5.00. The molecule has 0 N–H and O–H groups in total. The summed E-state index contributed by atoms with van der Waals surface area (Å²) in [6, 6.07) is 0.354. The fourth-order valence-electron chi connectivity index (χ4n) is 3.88. The quantitative estimate of drug-likeness (QED) is 0.823. The van der Waals surface area contributed by atoms with E-state index in [4.69, 9.17) is 9.84 Å². The molecule has 0 atom stereocenters. The minimum absolute atomic E-state index is 0.103. The van der Waals surface area contributed by atoms with Crippen LogP contribution in [0.2, 0.25) is 0 Å². The van der Waals surface area contributed by atoms with Crippen LogP contribution >= 0.6 is 0 Å². The maximum atomic E-state index is 12.0. The molecule has 144 valence electrons. The minimum atomic E-state index is 0.103. The Kier molecular flexibility index (Phi) is 4.82. The Labute approximate surface area is 159 Å². The summed E-state index contributed by atoms with van der Waals surface area (Å²) in [5.41, 5.74) is 3.26. The molecule has 2 aliphatic rings. The van der Waals surface area contributed by atoms with Gasteiger partial charge in [0.1, 0.15) is 5.82 Å². The van der Waals surface area contributed by atoms with Gasteiger partial charge in [-0.25, -0.2) is 9.97 Å².